The zero-order valence-corrected chi connectivity index (χ0v) is 14.3. The summed E-state index contributed by atoms with van der Waals surface area (Å²) in [6, 6.07) is 8.05. The Morgan fingerprint density at radius 2 is 2.00 bits per heavy atom. The molecule has 2 N–H and O–H groups in total. The second kappa shape index (κ2) is 9.53. The Hall–Kier alpha value is -1.59. The maximum atomic E-state index is 12.1. The zero-order valence-electron chi connectivity index (χ0n) is 14.3. The molecule has 1 atom stereocenters. The van der Waals surface area contributed by atoms with Crippen molar-refractivity contribution < 1.29 is 9.53 Å². The van der Waals surface area contributed by atoms with Gasteiger partial charge >= 0.3 is 0 Å². The van der Waals surface area contributed by atoms with Crippen LogP contribution in [0.2, 0.25) is 0 Å². The zero-order chi connectivity index (χ0) is 16.5. The second-order valence-electron chi connectivity index (χ2n) is 6.28. The van der Waals surface area contributed by atoms with E-state index in [2.05, 4.69) is 22.5 Å². The fraction of sp³-hybridized carbons (Fsp3) is 0.611. The minimum atomic E-state index is 0.0812. The summed E-state index contributed by atoms with van der Waals surface area (Å²) in [6.07, 6.45) is 4.39. The summed E-state index contributed by atoms with van der Waals surface area (Å²) in [6.45, 7) is 5.82. The largest absolute Gasteiger partial charge is 0.383 e. The first-order chi connectivity index (χ1) is 11.2. The summed E-state index contributed by atoms with van der Waals surface area (Å²) in [5.74, 6) is 0.0812. The predicted molar refractivity (Wildman–Crippen MR) is 94.9 cm³/mol. The number of hydrogen-bond donors (Lipinski definition) is 2. The lowest BCUT2D eigenvalue weighted by Gasteiger charge is -2.25. The van der Waals surface area contributed by atoms with Gasteiger partial charge in [-0.3, -0.25) is 4.79 Å². The summed E-state index contributed by atoms with van der Waals surface area (Å²) < 4.78 is 5.12. The molecule has 1 aliphatic rings. The fourth-order valence-electron chi connectivity index (χ4n) is 2.93. The van der Waals surface area contributed by atoms with Gasteiger partial charge in [-0.25, -0.2) is 0 Å². The highest BCUT2D eigenvalue weighted by atomic mass is 16.5. The number of likely N-dealkylation sites (tertiary alicyclic amines) is 1. The Balaban J connectivity index is 1.78. The van der Waals surface area contributed by atoms with Crippen molar-refractivity contribution in [2.24, 2.45) is 0 Å². The molecule has 1 fully saturated rings. The molecule has 1 amide bonds. The predicted octanol–water partition coefficient (Wildman–Crippen LogP) is 2.95. The minimum absolute atomic E-state index is 0.0812. The molecule has 1 heterocycles. The summed E-state index contributed by atoms with van der Waals surface area (Å²) in [5, 5.41) is 6.35. The summed E-state index contributed by atoms with van der Waals surface area (Å²) in [4.78, 5) is 14.5. The van der Waals surface area contributed by atoms with Crippen LogP contribution in [0.25, 0.3) is 0 Å². The van der Waals surface area contributed by atoms with E-state index in [1.165, 1.54) is 19.3 Å². The average molecular weight is 319 g/mol. The monoisotopic (exact) mass is 319 g/mol. The van der Waals surface area contributed by atoms with E-state index in [0.717, 1.165) is 31.0 Å². The average Bonchev–Trinajstić information content (AvgIpc) is 2.54. The Morgan fingerprint density at radius 1 is 1.26 bits per heavy atom. The van der Waals surface area contributed by atoms with Crippen LogP contribution in [0.4, 0.5) is 11.4 Å². The molecule has 23 heavy (non-hydrogen) atoms. The number of nitrogens with one attached hydrogen (secondary N) is 2. The second-order valence-corrected chi connectivity index (χ2v) is 6.28. The lowest BCUT2D eigenvalue weighted by atomic mass is 10.1. The lowest BCUT2D eigenvalue weighted by molar-refractivity contribution is -0.116. The van der Waals surface area contributed by atoms with E-state index < -0.39 is 0 Å². The highest BCUT2D eigenvalue weighted by molar-refractivity contribution is 5.91. The number of ether oxygens (including phenoxy) is 1. The Labute approximate surface area is 139 Å². The normalized spacial score (nSPS) is 16.8. The van der Waals surface area contributed by atoms with E-state index in [4.69, 9.17) is 4.74 Å². The van der Waals surface area contributed by atoms with Gasteiger partial charge in [0.15, 0.2) is 0 Å². The molecule has 2 rings (SSSR count). The highest BCUT2D eigenvalue weighted by Crippen LogP contribution is 2.16. The molecule has 5 nitrogen and oxygen atoms in total. The number of methoxy groups -OCH3 is 1. The van der Waals surface area contributed by atoms with Crippen LogP contribution in [-0.2, 0) is 9.53 Å². The topological polar surface area (TPSA) is 53.6 Å². The number of rotatable bonds is 8. The third-order valence-electron chi connectivity index (χ3n) is 4.08. The molecule has 1 aromatic carbocycles. The Bertz CT molecular complexity index is 487. The maximum absolute atomic E-state index is 12.1. The van der Waals surface area contributed by atoms with Gasteiger partial charge in [-0.1, -0.05) is 12.5 Å². The first-order valence-electron chi connectivity index (χ1n) is 8.55. The van der Waals surface area contributed by atoms with Crippen LogP contribution in [0.3, 0.4) is 0 Å². The van der Waals surface area contributed by atoms with Gasteiger partial charge in [-0.15, -0.1) is 0 Å². The number of nitrogens with zero attached hydrogens (tertiary/aromatic N) is 1. The SMILES string of the molecule is COC[C@@H](C)Nc1cccc(NC(=O)CCN2CCCCC2)c1. The smallest absolute Gasteiger partial charge is 0.225 e. The first-order valence-corrected chi connectivity index (χ1v) is 8.55. The number of benzene rings is 1. The van der Waals surface area contributed by atoms with Crippen LogP contribution in [0.15, 0.2) is 24.3 Å². The van der Waals surface area contributed by atoms with Crippen LogP contribution in [0, 0.1) is 0 Å². The molecule has 0 saturated carbocycles. The van der Waals surface area contributed by atoms with E-state index in [9.17, 15) is 4.79 Å². The van der Waals surface area contributed by atoms with Crippen molar-refractivity contribution >= 4 is 17.3 Å². The van der Waals surface area contributed by atoms with Gasteiger partial charge in [-0.05, 0) is 51.1 Å². The van der Waals surface area contributed by atoms with Gasteiger partial charge in [0, 0.05) is 37.5 Å². The van der Waals surface area contributed by atoms with Gasteiger partial charge in [0.1, 0.15) is 0 Å². The van der Waals surface area contributed by atoms with Crippen molar-refractivity contribution in [2.75, 3.05) is 44.0 Å². The quantitative estimate of drug-likeness (QED) is 0.773. The van der Waals surface area contributed by atoms with Crippen LogP contribution >= 0.6 is 0 Å². The van der Waals surface area contributed by atoms with Gasteiger partial charge in [0.25, 0.3) is 0 Å². The van der Waals surface area contributed by atoms with Gasteiger partial charge in [0.05, 0.1) is 6.61 Å². The maximum Gasteiger partial charge on any atom is 0.225 e. The van der Waals surface area contributed by atoms with Crippen molar-refractivity contribution in [2.45, 2.75) is 38.6 Å². The van der Waals surface area contributed by atoms with E-state index >= 15 is 0 Å². The Kier molecular flexibility index (Phi) is 7.36. The standard InChI is InChI=1S/C18H29N3O2/c1-15(14-23-2)19-16-7-6-8-17(13-16)20-18(22)9-12-21-10-4-3-5-11-21/h6-8,13,15,19H,3-5,9-12,14H2,1-2H3,(H,20,22)/t15-/m1/s1. The minimum Gasteiger partial charge on any atom is -0.383 e. The molecule has 0 bridgehead atoms. The van der Waals surface area contributed by atoms with Crippen LogP contribution in [-0.4, -0.2) is 50.2 Å². The van der Waals surface area contributed by atoms with Crippen LogP contribution < -0.4 is 10.6 Å². The molecule has 0 aromatic heterocycles. The number of amides is 1. The molecule has 1 saturated heterocycles. The highest BCUT2D eigenvalue weighted by Gasteiger charge is 2.12. The molecule has 0 spiro atoms. The molecule has 0 unspecified atom stereocenters. The summed E-state index contributed by atoms with van der Waals surface area (Å²) >= 11 is 0. The van der Waals surface area contributed by atoms with E-state index in [0.29, 0.717) is 13.0 Å². The molecule has 0 aliphatic carbocycles. The van der Waals surface area contributed by atoms with Crippen molar-refractivity contribution in [1.29, 1.82) is 0 Å². The number of carbonyl (C=O) groups is 1. The lowest BCUT2D eigenvalue weighted by Crippen LogP contribution is -2.32. The van der Waals surface area contributed by atoms with E-state index in [-0.39, 0.29) is 11.9 Å². The van der Waals surface area contributed by atoms with Gasteiger partial charge in [0.2, 0.25) is 5.91 Å². The first kappa shape index (κ1) is 17.8. The van der Waals surface area contributed by atoms with Crippen molar-refractivity contribution in [3.63, 3.8) is 0 Å². The van der Waals surface area contributed by atoms with E-state index in [1.54, 1.807) is 7.11 Å². The third-order valence-corrected chi connectivity index (χ3v) is 4.08. The van der Waals surface area contributed by atoms with E-state index in [1.807, 2.05) is 24.3 Å². The Morgan fingerprint density at radius 3 is 2.74 bits per heavy atom. The van der Waals surface area contributed by atoms with Crippen molar-refractivity contribution in [3.05, 3.63) is 24.3 Å². The number of piperidine rings is 1. The summed E-state index contributed by atoms with van der Waals surface area (Å²) in [5.41, 5.74) is 1.83. The van der Waals surface area contributed by atoms with Gasteiger partial charge < -0.3 is 20.3 Å². The number of hydrogen-bond acceptors (Lipinski definition) is 4. The molecule has 5 heteroatoms. The molecule has 0 radical (unpaired) electrons. The van der Waals surface area contributed by atoms with Crippen molar-refractivity contribution in [3.8, 4) is 0 Å². The number of anilines is 2. The molecule has 128 valence electrons. The third kappa shape index (κ3) is 6.59. The molecular weight excluding hydrogens is 290 g/mol. The molecule has 1 aromatic rings. The fourth-order valence-corrected chi connectivity index (χ4v) is 2.93. The molecule has 1 aliphatic heterocycles. The van der Waals surface area contributed by atoms with Crippen LogP contribution in [0.1, 0.15) is 32.6 Å². The number of carbonyl (C=O) groups excluding carboxylic acids is 1. The molecular formula is C18H29N3O2. The van der Waals surface area contributed by atoms with Crippen molar-refractivity contribution in [1.82, 2.24) is 4.90 Å². The van der Waals surface area contributed by atoms with Crippen LogP contribution in [0.5, 0.6) is 0 Å². The van der Waals surface area contributed by atoms with Gasteiger partial charge in [-0.2, -0.15) is 0 Å². The summed E-state index contributed by atoms with van der Waals surface area (Å²) in [7, 11) is 1.69.